The van der Waals surface area contributed by atoms with E-state index in [2.05, 4.69) is 121 Å². The molecular formula is C31H23N. The van der Waals surface area contributed by atoms with Crippen molar-refractivity contribution in [3.8, 4) is 22.3 Å². The second-order valence-electron chi connectivity index (χ2n) is 8.41. The molecule has 0 saturated heterocycles. The van der Waals surface area contributed by atoms with E-state index in [-0.39, 0.29) is 0 Å². The summed E-state index contributed by atoms with van der Waals surface area (Å²) in [7, 11) is 0. The van der Waals surface area contributed by atoms with Gasteiger partial charge in [0.2, 0.25) is 0 Å². The van der Waals surface area contributed by atoms with Crippen LogP contribution in [0.1, 0.15) is 22.3 Å². The van der Waals surface area contributed by atoms with Gasteiger partial charge >= 0.3 is 0 Å². The van der Waals surface area contributed by atoms with E-state index >= 15 is 0 Å². The Morgan fingerprint density at radius 1 is 0.438 bits per heavy atom. The number of rotatable bonds is 3. The third kappa shape index (κ3) is 2.65. The van der Waals surface area contributed by atoms with E-state index in [0.29, 0.717) is 0 Å². The lowest BCUT2D eigenvalue weighted by Crippen LogP contribution is -2.28. The zero-order valence-corrected chi connectivity index (χ0v) is 17.7. The van der Waals surface area contributed by atoms with Crippen LogP contribution in [0.3, 0.4) is 0 Å². The molecule has 1 nitrogen and oxygen atoms in total. The average Bonchev–Trinajstić information content (AvgIpc) is 3.15. The lowest BCUT2D eigenvalue weighted by Gasteiger charge is -2.34. The van der Waals surface area contributed by atoms with Gasteiger partial charge in [0.05, 0.1) is 5.41 Å². The van der Waals surface area contributed by atoms with Crippen LogP contribution >= 0.6 is 0 Å². The maximum absolute atomic E-state index is 6.27. The van der Waals surface area contributed by atoms with E-state index in [4.69, 9.17) is 5.73 Å². The summed E-state index contributed by atoms with van der Waals surface area (Å²) in [5.41, 5.74) is 16.7. The van der Waals surface area contributed by atoms with Gasteiger partial charge in [-0.25, -0.2) is 0 Å². The standard InChI is InChI=1S/C31H23N/c32-26-17-19-29-28(21-26)27-18-16-23(22-10-4-1-5-11-22)20-30(27)31(29,24-12-6-2-7-13-24)25-14-8-3-9-15-25/h1-21H,32H2. The fourth-order valence-electron chi connectivity index (χ4n) is 5.32. The average molecular weight is 410 g/mol. The molecule has 152 valence electrons. The largest absolute Gasteiger partial charge is 0.399 e. The molecule has 1 aliphatic rings. The van der Waals surface area contributed by atoms with Crippen LogP contribution in [0.4, 0.5) is 5.69 Å². The van der Waals surface area contributed by atoms with Gasteiger partial charge < -0.3 is 5.73 Å². The van der Waals surface area contributed by atoms with Gasteiger partial charge in [-0.3, -0.25) is 0 Å². The zero-order valence-electron chi connectivity index (χ0n) is 17.7. The van der Waals surface area contributed by atoms with Gasteiger partial charge in [0.25, 0.3) is 0 Å². The zero-order chi connectivity index (χ0) is 21.5. The summed E-state index contributed by atoms with van der Waals surface area (Å²) < 4.78 is 0. The van der Waals surface area contributed by atoms with Crippen LogP contribution in [-0.2, 0) is 5.41 Å². The SMILES string of the molecule is Nc1ccc2c(c1)-c1ccc(-c3ccccc3)cc1C2(c1ccccc1)c1ccccc1. The third-order valence-corrected chi connectivity index (χ3v) is 6.68. The molecule has 0 heterocycles. The Hall–Kier alpha value is -4.10. The van der Waals surface area contributed by atoms with Gasteiger partial charge in [0.1, 0.15) is 0 Å². The first-order chi connectivity index (χ1) is 15.8. The second kappa shape index (κ2) is 7.25. The van der Waals surface area contributed by atoms with Crippen molar-refractivity contribution in [2.75, 3.05) is 5.73 Å². The molecule has 1 heteroatoms. The van der Waals surface area contributed by atoms with Gasteiger partial charge in [0, 0.05) is 5.69 Å². The molecule has 5 aromatic rings. The van der Waals surface area contributed by atoms with Gasteiger partial charge in [0.15, 0.2) is 0 Å². The Kier molecular flexibility index (Phi) is 4.22. The van der Waals surface area contributed by atoms with Crippen LogP contribution < -0.4 is 5.73 Å². The van der Waals surface area contributed by atoms with Crippen molar-refractivity contribution in [1.29, 1.82) is 0 Å². The Balaban J connectivity index is 1.75. The van der Waals surface area contributed by atoms with Crippen molar-refractivity contribution in [3.05, 3.63) is 150 Å². The van der Waals surface area contributed by atoms with Gasteiger partial charge in [-0.05, 0) is 62.7 Å². The number of hydrogen-bond acceptors (Lipinski definition) is 1. The first-order valence-corrected chi connectivity index (χ1v) is 11.0. The molecule has 0 atom stereocenters. The summed E-state index contributed by atoms with van der Waals surface area (Å²) in [5.74, 6) is 0. The maximum Gasteiger partial charge on any atom is 0.0713 e. The van der Waals surface area contributed by atoms with Crippen LogP contribution in [0.2, 0.25) is 0 Å². The van der Waals surface area contributed by atoms with Crippen molar-refractivity contribution in [2.24, 2.45) is 0 Å². The molecule has 6 rings (SSSR count). The highest BCUT2D eigenvalue weighted by atomic mass is 14.6. The fourth-order valence-corrected chi connectivity index (χ4v) is 5.32. The van der Waals surface area contributed by atoms with Crippen LogP contribution in [0, 0.1) is 0 Å². The number of nitrogen functional groups attached to an aromatic ring is 1. The monoisotopic (exact) mass is 409 g/mol. The molecule has 0 radical (unpaired) electrons. The summed E-state index contributed by atoms with van der Waals surface area (Å²) in [6.07, 6.45) is 0. The van der Waals surface area contributed by atoms with Crippen molar-refractivity contribution >= 4 is 5.69 Å². The van der Waals surface area contributed by atoms with Crippen molar-refractivity contribution in [2.45, 2.75) is 5.41 Å². The molecule has 0 fully saturated rings. The topological polar surface area (TPSA) is 26.0 Å². The minimum atomic E-state index is -0.397. The highest BCUT2D eigenvalue weighted by Gasteiger charge is 2.46. The molecule has 0 amide bonds. The predicted molar refractivity (Wildman–Crippen MR) is 134 cm³/mol. The van der Waals surface area contributed by atoms with E-state index < -0.39 is 5.41 Å². The minimum Gasteiger partial charge on any atom is -0.399 e. The molecule has 0 unspecified atom stereocenters. The van der Waals surface area contributed by atoms with E-state index in [0.717, 1.165) is 5.69 Å². The Bertz CT molecular complexity index is 1360. The van der Waals surface area contributed by atoms with Crippen molar-refractivity contribution < 1.29 is 0 Å². The van der Waals surface area contributed by atoms with Crippen LogP contribution in [0.15, 0.2) is 127 Å². The highest BCUT2D eigenvalue weighted by molar-refractivity contribution is 5.89. The molecule has 0 aromatic heterocycles. The Morgan fingerprint density at radius 3 is 1.66 bits per heavy atom. The van der Waals surface area contributed by atoms with Crippen LogP contribution in [0.5, 0.6) is 0 Å². The number of nitrogens with two attached hydrogens (primary N) is 1. The lowest BCUT2D eigenvalue weighted by molar-refractivity contribution is 0.769. The fraction of sp³-hybridized carbons (Fsp3) is 0.0323. The summed E-state index contributed by atoms with van der Waals surface area (Å²) >= 11 is 0. The van der Waals surface area contributed by atoms with E-state index in [1.165, 1.54) is 44.5 Å². The first-order valence-electron chi connectivity index (χ1n) is 11.0. The van der Waals surface area contributed by atoms with Crippen molar-refractivity contribution in [3.63, 3.8) is 0 Å². The molecule has 5 aromatic carbocycles. The van der Waals surface area contributed by atoms with Gasteiger partial charge in [-0.2, -0.15) is 0 Å². The Labute approximate surface area is 188 Å². The molecule has 32 heavy (non-hydrogen) atoms. The quantitative estimate of drug-likeness (QED) is 0.305. The summed E-state index contributed by atoms with van der Waals surface area (Å²) in [6.45, 7) is 0. The molecule has 0 spiro atoms. The summed E-state index contributed by atoms with van der Waals surface area (Å²) in [5, 5.41) is 0. The molecular weight excluding hydrogens is 386 g/mol. The van der Waals surface area contributed by atoms with E-state index in [1.807, 2.05) is 6.07 Å². The molecule has 0 bridgehead atoms. The van der Waals surface area contributed by atoms with Gasteiger partial charge in [-0.1, -0.05) is 109 Å². The summed E-state index contributed by atoms with van der Waals surface area (Å²) in [4.78, 5) is 0. The van der Waals surface area contributed by atoms with E-state index in [1.54, 1.807) is 0 Å². The smallest absolute Gasteiger partial charge is 0.0713 e. The highest BCUT2D eigenvalue weighted by Crippen LogP contribution is 2.57. The Morgan fingerprint density at radius 2 is 1.03 bits per heavy atom. The van der Waals surface area contributed by atoms with Gasteiger partial charge in [-0.15, -0.1) is 0 Å². The number of hydrogen-bond donors (Lipinski definition) is 1. The number of fused-ring (bicyclic) bond motifs is 3. The minimum absolute atomic E-state index is 0.397. The normalized spacial score (nSPS) is 13.4. The molecule has 2 N–H and O–H groups in total. The molecule has 0 aliphatic heterocycles. The molecule has 0 saturated carbocycles. The van der Waals surface area contributed by atoms with Crippen molar-refractivity contribution in [1.82, 2.24) is 0 Å². The number of anilines is 1. The first kappa shape index (κ1) is 18.7. The lowest BCUT2D eigenvalue weighted by atomic mass is 9.67. The van der Waals surface area contributed by atoms with Crippen LogP contribution in [-0.4, -0.2) is 0 Å². The molecule has 1 aliphatic carbocycles. The third-order valence-electron chi connectivity index (χ3n) is 6.68. The predicted octanol–water partition coefficient (Wildman–Crippen LogP) is 7.30. The maximum atomic E-state index is 6.27. The second-order valence-corrected chi connectivity index (χ2v) is 8.41. The summed E-state index contributed by atoms with van der Waals surface area (Å²) in [6, 6.07) is 45.6. The van der Waals surface area contributed by atoms with E-state index in [9.17, 15) is 0 Å². The number of benzene rings is 5. The van der Waals surface area contributed by atoms with Crippen LogP contribution in [0.25, 0.3) is 22.3 Å².